The van der Waals surface area contributed by atoms with Gasteiger partial charge in [0, 0.05) is 48.7 Å². The monoisotopic (exact) mass is 425 g/mol. The number of furan rings is 1. The molecule has 1 saturated heterocycles. The predicted molar refractivity (Wildman–Crippen MR) is 122 cm³/mol. The van der Waals surface area contributed by atoms with E-state index in [0.717, 1.165) is 27.7 Å². The van der Waals surface area contributed by atoms with Crippen LogP contribution < -0.4 is 5.32 Å². The van der Waals surface area contributed by atoms with Crippen molar-refractivity contribution < 1.29 is 14.0 Å². The molecule has 3 amide bonds. The highest BCUT2D eigenvalue weighted by Crippen LogP contribution is 2.30. The fourth-order valence-electron chi connectivity index (χ4n) is 3.71. The third kappa shape index (κ3) is 4.56. The van der Waals surface area contributed by atoms with Crippen molar-refractivity contribution in [1.29, 1.82) is 0 Å². The van der Waals surface area contributed by atoms with Crippen molar-refractivity contribution in [3.05, 3.63) is 48.0 Å². The number of rotatable bonds is 5. The third-order valence-corrected chi connectivity index (χ3v) is 6.26. The number of benzene rings is 2. The van der Waals surface area contributed by atoms with Crippen LogP contribution >= 0.6 is 11.8 Å². The summed E-state index contributed by atoms with van der Waals surface area (Å²) < 4.78 is 5.88. The lowest BCUT2D eigenvalue weighted by atomic mass is 10.1. The summed E-state index contributed by atoms with van der Waals surface area (Å²) in [4.78, 5) is 28.3. The van der Waals surface area contributed by atoms with Crippen molar-refractivity contribution in [2.75, 3.05) is 31.9 Å². The molecule has 0 aliphatic carbocycles. The highest BCUT2D eigenvalue weighted by Gasteiger charge is 2.24. The van der Waals surface area contributed by atoms with E-state index < -0.39 is 0 Å². The maximum Gasteiger partial charge on any atom is 0.317 e. The minimum atomic E-state index is -0.0476. The Bertz CT molecular complexity index is 1050. The molecule has 1 fully saturated rings. The minimum absolute atomic E-state index is 0.0476. The molecule has 1 aliphatic rings. The normalized spacial score (nSPS) is 14.6. The van der Waals surface area contributed by atoms with Gasteiger partial charge in [-0.2, -0.15) is 0 Å². The lowest BCUT2D eigenvalue weighted by Crippen LogP contribution is -2.54. The predicted octanol–water partition coefficient (Wildman–Crippen LogP) is 4.08. The summed E-state index contributed by atoms with van der Waals surface area (Å²) in [5.41, 5.74) is 2.97. The van der Waals surface area contributed by atoms with Crippen molar-refractivity contribution >= 4 is 45.6 Å². The van der Waals surface area contributed by atoms with E-state index in [1.807, 2.05) is 43.0 Å². The summed E-state index contributed by atoms with van der Waals surface area (Å²) in [5.74, 6) is 1.36. The van der Waals surface area contributed by atoms with Crippen LogP contribution in [-0.2, 0) is 10.5 Å². The molecule has 0 spiro atoms. The van der Waals surface area contributed by atoms with Gasteiger partial charge in [0.15, 0.2) is 0 Å². The molecule has 0 unspecified atom stereocenters. The topological polar surface area (TPSA) is 65.8 Å². The van der Waals surface area contributed by atoms with Crippen LogP contribution in [0.1, 0.15) is 19.4 Å². The van der Waals surface area contributed by atoms with Crippen LogP contribution in [0, 0.1) is 0 Å². The number of thioether (sulfide) groups is 1. The van der Waals surface area contributed by atoms with Gasteiger partial charge in [-0.05, 0) is 37.6 Å². The first-order valence-corrected chi connectivity index (χ1v) is 11.5. The van der Waals surface area contributed by atoms with E-state index in [0.29, 0.717) is 31.9 Å². The molecule has 0 radical (unpaired) electrons. The third-order valence-electron chi connectivity index (χ3n) is 5.27. The number of hydrogen-bond donors (Lipinski definition) is 1. The molecular formula is C23H27N3O3S. The summed E-state index contributed by atoms with van der Waals surface area (Å²) in [6.07, 6.45) is 0. The Kier molecular flexibility index (Phi) is 6.18. The van der Waals surface area contributed by atoms with Crippen LogP contribution in [0.25, 0.3) is 21.9 Å². The number of para-hydroxylation sites is 1. The van der Waals surface area contributed by atoms with Gasteiger partial charge in [-0.25, -0.2) is 4.79 Å². The molecule has 158 valence electrons. The van der Waals surface area contributed by atoms with Crippen molar-refractivity contribution in [3.63, 3.8) is 0 Å². The molecule has 4 rings (SSSR count). The summed E-state index contributed by atoms with van der Waals surface area (Å²) in [7, 11) is 0. The maximum absolute atomic E-state index is 12.6. The number of urea groups is 1. The van der Waals surface area contributed by atoms with Gasteiger partial charge >= 0.3 is 6.03 Å². The second-order valence-corrected chi connectivity index (χ2v) is 8.88. The molecule has 2 aromatic carbocycles. The van der Waals surface area contributed by atoms with E-state index in [1.54, 1.807) is 16.7 Å². The highest BCUT2D eigenvalue weighted by molar-refractivity contribution is 7.99. The van der Waals surface area contributed by atoms with Crippen LogP contribution in [0.4, 0.5) is 4.79 Å². The lowest BCUT2D eigenvalue weighted by Gasteiger charge is -2.35. The average Bonchev–Trinajstić information content (AvgIpc) is 3.11. The summed E-state index contributed by atoms with van der Waals surface area (Å²) in [6.45, 7) is 6.25. The maximum atomic E-state index is 12.6. The zero-order valence-electron chi connectivity index (χ0n) is 17.4. The fourth-order valence-corrected chi connectivity index (χ4v) is 4.58. The SMILES string of the molecule is CC(C)NC(=O)N1CCN(C(=O)CSCc2ccc3oc4ccccc4c3c2)CC1. The van der Waals surface area contributed by atoms with Crippen LogP contribution in [-0.4, -0.2) is 59.7 Å². The summed E-state index contributed by atoms with van der Waals surface area (Å²) in [6, 6.07) is 14.3. The van der Waals surface area contributed by atoms with Gasteiger partial charge in [-0.1, -0.05) is 24.3 Å². The Balaban J connectivity index is 1.28. The quantitative estimate of drug-likeness (QED) is 0.669. The molecule has 7 heteroatoms. The average molecular weight is 426 g/mol. The highest BCUT2D eigenvalue weighted by atomic mass is 32.2. The molecule has 0 bridgehead atoms. The van der Waals surface area contributed by atoms with Crippen molar-refractivity contribution in [2.24, 2.45) is 0 Å². The standard InChI is InChI=1S/C23H27N3O3S/c1-16(2)24-23(28)26-11-9-25(10-12-26)22(27)15-30-14-17-7-8-21-19(13-17)18-5-3-4-6-20(18)29-21/h3-8,13,16H,9-12,14-15H2,1-2H3,(H,24,28). The van der Waals surface area contributed by atoms with E-state index in [-0.39, 0.29) is 18.0 Å². The van der Waals surface area contributed by atoms with Gasteiger partial charge in [0.25, 0.3) is 0 Å². The number of carbonyl (C=O) groups is 2. The lowest BCUT2D eigenvalue weighted by molar-refractivity contribution is -0.129. The van der Waals surface area contributed by atoms with Crippen LogP contribution in [0.3, 0.4) is 0 Å². The largest absolute Gasteiger partial charge is 0.456 e. The van der Waals surface area contributed by atoms with Crippen molar-refractivity contribution in [3.8, 4) is 0 Å². The van der Waals surface area contributed by atoms with Gasteiger partial charge in [-0.3, -0.25) is 4.79 Å². The first-order valence-electron chi connectivity index (χ1n) is 10.3. The Morgan fingerprint density at radius 2 is 1.70 bits per heavy atom. The second-order valence-electron chi connectivity index (χ2n) is 7.89. The first-order chi connectivity index (χ1) is 14.5. The number of fused-ring (bicyclic) bond motifs is 3. The van der Waals surface area contributed by atoms with E-state index in [9.17, 15) is 9.59 Å². The number of piperazine rings is 1. The van der Waals surface area contributed by atoms with Gasteiger partial charge in [0.1, 0.15) is 11.2 Å². The smallest absolute Gasteiger partial charge is 0.317 e. The van der Waals surface area contributed by atoms with E-state index in [4.69, 9.17) is 4.42 Å². The van der Waals surface area contributed by atoms with E-state index >= 15 is 0 Å². The zero-order valence-corrected chi connectivity index (χ0v) is 18.2. The van der Waals surface area contributed by atoms with Gasteiger partial charge in [-0.15, -0.1) is 11.8 Å². The minimum Gasteiger partial charge on any atom is -0.456 e. The molecule has 3 aromatic rings. The van der Waals surface area contributed by atoms with Gasteiger partial charge in [0.05, 0.1) is 5.75 Å². The Hall–Kier alpha value is -2.67. The molecule has 0 atom stereocenters. The van der Waals surface area contributed by atoms with E-state index in [1.165, 1.54) is 5.56 Å². The summed E-state index contributed by atoms with van der Waals surface area (Å²) >= 11 is 1.63. The molecular weight excluding hydrogens is 398 g/mol. The van der Waals surface area contributed by atoms with Crippen LogP contribution in [0.15, 0.2) is 46.9 Å². The molecule has 1 N–H and O–H groups in total. The second kappa shape index (κ2) is 9.00. The Morgan fingerprint density at radius 3 is 2.47 bits per heavy atom. The molecule has 0 saturated carbocycles. The molecule has 2 heterocycles. The zero-order chi connectivity index (χ0) is 21.1. The number of nitrogens with zero attached hydrogens (tertiary/aromatic N) is 2. The fraction of sp³-hybridized carbons (Fsp3) is 0.391. The molecule has 6 nitrogen and oxygen atoms in total. The molecule has 1 aromatic heterocycles. The molecule has 30 heavy (non-hydrogen) atoms. The summed E-state index contributed by atoms with van der Waals surface area (Å²) in [5, 5.41) is 5.14. The van der Waals surface area contributed by atoms with Gasteiger partial charge in [0.2, 0.25) is 5.91 Å². The van der Waals surface area contributed by atoms with Gasteiger partial charge < -0.3 is 19.5 Å². The number of carbonyl (C=O) groups excluding carboxylic acids is 2. The Morgan fingerprint density at radius 1 is 1.00 bits per heavy atom. The number of amides is 3. The van der Waals surface area contributed by atoms with Crippen LogP contribution in [0.5, 0.6) is 0 Å². The molecule has 1 aliphatic heterocycles. The van der Waals surface area contributed by atoms with E-state index in [2.05, 4.69) is 23.5 Å². The number of nitrogens with one attached hydrogen (secondary N) is 1. The van der Waals surface area contributed by atoms with Crippen molar-refractivity contribution in [1.82, 2.24) is 15.1 Å². The van der Waals surface area contributed by atoms with Crippen molar-refractivity contribution in [2.45, 2.75) is 25.6 Å². The van der Waals surface area contributed by atoms with Crippen LogP contribution in [0.2, 0.25) is 0 Å². The Labute approximate surface area is 180 Å². The first kappa shape index (κ1) is 20.6. The number of hydrogen-bond acceptors (Lipinski definition) is 4.